The zero-order valence-electron chi connectivity index (χ0n) is 26.2. The van der Waals surface area contributed by atoms with Crippen molar-refractivity contribution in [2.24, 2.45) is 0 Å². The number of carbonyl (C=O) groups is 2. The number of amides is 2. The summed E-state index contributed by atoms with van der Waals surface area (Å²) in [5.41, 5.74) is 3.34. The zero-order chi connectivity index (χ0) is 31.7. The van der Waals surface area contributed by atoms with Gasteiger partial charge in [0, 0.05) is 30.3 Å². The van der Waals surface area contributed by atoms with E-state index in [1.807, 2.05) is 106 Å². The minimum absolute atomic E-state index is 0.139. The summed E-state index contributed by atoms with van der Waals surface area (Å²) in [6, 6.07) is 33.4. The quantitative estimate of drug-likeness (QED) is 0.184. The monoisotopic (exact) mass is 593 g/mol. The zero-order valence-corrected chi connectivity index (χ0v) is 26.2. The summed E-state index contributed by atoms with van der Waals surface area (Å²) in [6.07, 6.45) is -0.461. The minimum atomic E-state index is -0.897. The third-order valence-corrected chi connectivity index (χ3v) is 8.18. The lowest BCUT2D eigenvalue weighted by molar-refractivity contribution is 0.0742. The highest BCUT2D eigenvalue weighted by molar-refractivity contribution is 5.99. The summed E-state index contributed by atoms with van der Waals surface area (Å²) in [6.45, 7) is 6.29. The van der Waals surface area contributed by atoms with E-state index in [2.05, 4.69) is 10.6 Å². The Labute approximate surface area is 260 Å². The van der Waals surface area contributed by atoms with Crippen molar-refractivity contribution in [3.05, 3.63) is 137 Å². The van der Waals surface area contributed by atoms with E-state index in [1.54, 1.807) is 43.3 Å². The van der Waals surface area contributed by atoms with Crippen molar-refractivity contribution in [2.45, 2.75) is 50.9 Å². The first-order valence-electron chi connectivity index (χ1n) is 14.9. The van der Waals surface area contributed by atoms with Crippen molar-refractivity contribution < 1.29 is 19.4 Å². The topological polar surface area (TPSA) is 90.9 Å². The largest absolute Gasteiger partial charge is 0.497 e. The van der Waals surface area contributed by atoms with Gasteiger partial charge >= 0.3 is 0 Å². The van der Waals surface area contributed by atoms with Crippen LogP contribution in [-0.4, -0.2) is 54.7 Å². The summed E-state index contributed by atoms with van der Waals surface area (Å²) in [7, 11) is 3.40. The third kappa shape index (κ3) is 8.34. The van der Waals surface area contributed by atoms with Crippen LogP contribution in [0.5, 0.6) is 5.75 Å². The van der Waals surface area contributed by atoms with Gasteiger partial charge in [0.15, 0.2) is 0 Å². The molecule has 0 aliphatic heterocycles. The van der Waals surface area contributed by atoms with E-state index >= 15 is 0 Å². The second-order valence-electron chi connectivity index (χ2n) is 11.7. The van der Waals surface area contributed by atoms with Crippen LogP contribution in [0.4, 0.5) is 0 Å². The average molecular weight is 594 g/mol. The Morgan fingerprint density at radius 3 is 2.18 bits per heavy atom. The Balaban J connectivity index is 1.49. The first-order valence-corrected chi connectivity index (χ1v) is 14.9. The minimum Gasteiger partial charge on any atom is -0.497 e. The molecule has 0 saturated carbocycles. The van der Waals surface area contributed by atoms with Crippen molar-refractivity contribution in [3.8, 4) is 5.75 Å². The number of methoxy groups -OCH3 is 1. The van der Waals surface area contributed by atoms with E-state index in [-0.39, 0.29) is 24.4 Å². The molecule has 0 unspecified atom stereocenters. The lowest BCUT2D eigenvalue weighted by atomic mass is 9.93. The molecule has 0 aliphatic rings. The number of nitrogens with zero attached hydrogens (tertiary/aromatic N) is 1. The standard InChI is InChI=1S/C37H43N3O4/c1-26(28-16-10-7-11-17-28)40(4)36(43)30-19-12-18-29(23-30)35(42)39-33(22-27-14-8-6-9-15-27)34(41)25-38-37(2,3)31-20-13-21-32(24-31)44-5/h6-21,23-24,26,33-34,38,41H,22,25H2,1-5H3,(H,39,42)/t26-,33+,34-/m1/s1. The van der Waals surface area contributed by atoms with Gasteiger partial charge in [0.1, 0.15) is 5.75 Å². The van der Waals surface area contributed by atoms with Crippen LogP contribution >= 0.6 is 0 Å². The van der Waals surface area contributed by atoms with E-state index < -0.39 is 17.7 Å². The lowest BCUT2D eigenvalue weighted by Crippen LogP contribution is -2.51. The van der Waals surface area contributed by atoms with Crippen LogP contribution in [0.3, 0.4) is 0 Å². The van der Waals surface area contributed by atoms with Crippen molar-refractivity contribution >= 4 is 11.8 Å². The smallest absolute Gasteiger partial charge is 0.254 e. The van der Waals surface area contributed by atoms with Crippen LogP contribution < -0.4 is 15.4 Å². The molecule has 4 rings (SSSR count). The number of hydrogen-bond donors (Lipinski definition) is 3. The molecule has 0 bridgehead atoms. The number of hydrogen-bond acceptors (Lipinski definition) is 5. The first kappa shape index (κ1) is 32.5. The van der Waals surface area contributed by atoms with Gasteiger partial charge in [-0.05, 0) is 74.2 Å². The molecule has 2 amide bonds. The number of aliphatic hydroxyl groups excluding tert-OH is 1. The fourth-order valence-electron chi connectivity index (χ4n) is 5.15. The molecule has 7 nitrogen and oxygen atoms in total. The lowest BCUT2D eigenvalue weighted by Gasteiger charge is -2.31. The van der Waals surface area contributed by atoms with Gasteiger partial charge in [0.2, 0.25) is 0 Å². The Bertz CT molecular complexity index is 1520. The maximum Gasteiger partial charge on any atom is 0.254 e. The van der Waals surface area contributed by atoms with E-state index in [1.165, 1.54) is 0 Å². The molecule has 0 heterocycles. The number of aliphatic hydroxyl groups is 1. The fraction of sp³-hybridized carbons (Fsp3) is 0.297. The second kappa shape index (κ2) is 14.8. The van der Waals surface area contributed by atoms with Crippen molar-refractivity contribution in [3.63, 3.8) is 0 Å². The van der Waals surface area contributed by atoms with Crippen LogP contribution in [0.1, 0.15) is 64.2 Å². The van der Waals surface area contributed by atoms with Gasteiger partial charge in [0.25, 0.3) is 11.8 Å². The van der Waals surface area contributed by atoms with Gasteiger partial charge in [0.05, 0.1) is 25.3 Å². The molecule has 0 aromatic heterocycles. The summed E-state index contributed by atoms with van der Waals surface area (Å²) in [5, 5.41) is 17.9. The molecule has 3 N–H and O–H groups in total. The SMILES string of the molecule is COc1cccc(C(C)(C)NC[C@@H](O)[C@H](Cc2ccccc2)NC(=O)c2cccc(C(=O)N(C)[C@H](C)c3ccccc3)c2)c1. The molecule has 0 spiro atoms. The number of rotatable bonds is 13. The van der Waals surface area contributed by atoms with E-state index in [4.69, 9.17) is 4.74 Å². The molecular weight excluding hydrogens is 550 g/mol. The van der Waals surface area contributed by atoms with Gasteiger partial charge in [-0.25, -0.2) is 0 Å². The van der Waals surface area contributed by atoms with Crippen molar-refractivity contribution in [2.75, 3.05) is 20.7 Å². The van der Waals surface area contributed by atoms with Crippen LogP contribution in [0.25, 0.3) is 0 Å². The predicted molar refractivity (Wildman–Crippen MR) is 175 cm³/mol. The maximum atomic E-state index is 13.6. The van der Waals surface area contributed by atoms with E-state index in [0.29, 0.717) is 17.5 Å². The van der Waals surface area contributed by atoms with Crippen LogP contribution in [0.2, 0.25) is 0 Å². The van der Waals surface area contributed by atoms with Crippen molar-refractivity contribution in [1.82, 2.24) is 15.5 Å². The highest BCUT2D eigenvalue weighted by Crippen LogP contribution is 2.24. The predicted octanol–water partition coefficient (Wildman–Crippen LogP) is 5.76. The highest BCUT2D eigenvalue weighted by atomic mass is 16.5. The molecule has 230 valence electrons. The molecule has 0 fully saturated rings. The first-order chi connectivity index (χ1) is 21.1. The molecular formula is C37H43N3O4. The number of ether oxygens (including phenoxy) is 1. The van der Waals surface area contributed by atoms with Gasteiger partial charge in [-0.2, -0.15) is 0 Å². The molecule has 0 aliphatic carbocycles. The normalized spacial score (nSPS) is 13.4. The molecule has 0 saturated heterocycles. The Kier molecular flexibility index (Phi) is 10.9. The molecule has 4 aromatic rings. The summed E-state index contributed by atoms with van der Waals surface area (Å²) in [4.78, 5) is 28.6. The maximum absolute atomic E-state index is 13.6. The second-order valence-corrected chi connectivity index (χ2v) is 11.7. The van der Waals surface area contributed by atoms with Crippen LogP contribution in [-0.2, 0) is 12.0 Å². The molecule has 3 atom stereocenters. The van der Waals surface area contributed by atoms with Gasteiger partial charge in [-0.1, -0.05) is 78.9 Å². The molecule has 44 heavy (non-hydrogen) atoms. The Hall–Kier alpha value is -4.46. The van der Waals surface area contributed by atoms with E-state index in [0.717, 1.165) is 22.4 Å². The van der Waals surface area contributed by atoms with Crippen LogP contribution in [0.15, 0.2) is 109 Å². The fourth-order valence-corrected chi connectivity index (χ4v) is 5.15. The van der Waals surface area contributed by atoms with Crippen molar-refractivity contribution in [1.29, 1.82) is 0 Å². The summed E-state index contributed by atoms with van der Waals surface area (Å²) < 4.78 is 5.39. The Morgan fingerprint density at radius 2 is 1.50 bits per heavy atom. The van der Waals surface area contributed by atoms with Gasteiger partial charge in [-0.15, -0.1) is 0 Å². The molecule has 0 radical (unpaired) electrons. The van der Waals surface area contributed by atoms with Gasteiger partial charge < -0.3 is 25.4 Å². The summed E-state index contributed by atoms with van der Waals surface area (Å²) in [5.74, 6) is 0.222. The highest BCUT2D eigenvalue weighted by Gasteiger charge is 2.27. The van der Waals surface area contributed by atoms with Crippen LogP contribution in [0, 0.1) is 0 Å². The molecule has 7 heteroatoms. The molecule has 4 aromatic carbocycles. The summed E-state index contributed by atoms with van der Waals surface area (Å²) >= 11 is 0. The number of nitrogens with one attached hydrogen (secondary N) is 2. The third-order valence-electron chi connectivity index (χ3n) is 8.18. The van der Waals surface area contributed by atoms with Gasteiger partial charge in [-0.3, -0.25) is 9.59 Å². The number of benzene rings is 4. The Morgan fingerprint density at radius 1 is 0.864 bits per heavy atom. The number of carbonyl (C=O) groups excluding carboxylic acids is 2. The van der Waals surface area contributed by atoms with E-state index in [9.17, 15) is 14.7 Å². The average Bonchev–Trinajstić information content (AvgIpc) is 3.06.